The quantitative estimate of drug-likeness (QED) is 0.272. The van der Waals surface area contributed by atoms with E-state index in [1.807, 2.05) is 26.8 Å². The first-order valence-corrected chi connectivity index (χ1v) is 11.4. The molecule has 4 nitrogen and oxygen atoms in total. The number of nitrogens with one attached hydrogen (secondary N) is 1. The molecule has 4 rings (SSSR count). The van der Waals surface area contributed by atoms with Crippen LogP contribution in [-0.2, 0) is 4.79 Å². The standard InChI is InChI=1S/C27H22Cl2FNO3/c1-4-33-26-16(3)27-21(22(14-34-27)17-5-8-19(30)9-6-17)13-20(26)15(2)11-25(32)31-24-10-7-18(28)12-23(24)29/h5-14H,4H2,1-3H3,(H,31,32)/b15-11+. The first kappa shape index (κ1) is 23.9. The van der Waals surface area contributed by atoms with Crippen molar-refractivity contribution in [1.82, 2.24) is 0 Å². The highest BCUT2D eigenvalue weighted by molar-refractivity contribution is 6.36. The number of rotatable bonds is 6. The molecule has 1 aromatic heterocycles. The second-order valence-corrected chi connectivity index (χ2v) is 8.63. The number of anilines is 1. The van der Waals surface area contributed by atoms with Crippen molar-refractivity contribution in [3.63, 3.8) is 0 Å². The van der Waals surface area contributed by atoms with Crippen molar-refractivity contribution in [2.45, 2.75) is 20.8 Å². The van der Waals surface area contributed by atoms with Gasteiger partial charge in [0.2, 0.25) is 5.91 Å². The van der Waals surface area contributed by atoms with E-state index in [1.165, 1.54) is 18.2 Å². The molecule has 4 aromatic rings. The Morgan fingerprint density at radius 1 is 1.15 bits per heavy atom. The van der Waals surface area contributed by atoms with Crippen LogP contribution in [0.2, 0.25) is 10.0 Å². The van der Waals surface area contributed by atoms with Crippen molar-refractivity contribution < 1.29 is 18.3 Å². The van der Waals surface area contributed by atoms with Gasteiger partial charge in [0.05, 0.1) is 23.6 Å². The van der Waals surface area contributed by atoms with Crippen molar-refractivity contribution in [2.24, 2.45) is 0 Å². The fourth-order valence-corrected chi connectivity index (χ4v) is 4.28. The second-order valence-electron chi connectivity index (χ2n) is 7.78. The van der Waals surface area contributed by atoms with Gasteiger partial charge in [-0.25, -0.2) is 4.39 Å². The fraction of sp³-hybridized carbons (Fsp3) is 0.148. The average molecular weight is 498 g/mol. The summed E-state index contributed by atoms with van der Waals surface area (Å²) in [5.41, 5.74) is 5.06. The van der Waals surface area contributed by atoms with E-state index < -0.39 is 0 Å². The van der Waals surface area contributed by atoms with Gasteiger partial charge in [0.25, 0.3) is 0 Å². The molecule has 0 aliphatic rings. The lowest BCUT2D eigenvalue weighted by Gasteiger charge is -2.15. The number of hydrogen-bond donors (Lipinski definition) is 1. The molecule has 7 heteroatoms. The van der Waals surface area contributed by atoms with Crippen molar-refractivity contribution in [1.29, 1.82) is 0 Å². The molecular formula is C27H22Cl2FNO3. The van der Waals surface area contributed by atoms with Crippen molar-refractivity contribution in [2.75, 3.05) is 11.9 Å². The van der Waals surface area contributed by atoms with Gasteiger partial charge in [0.15, 0.2) is 0 Å². The first-order chi connectivity index (χ1) is 16.3. The van der Waals surface area contributed by atoms with E-state index in [1.54, 1.807) is 36.6 Å². The van der Waals surface area contributed by atoms with Crippen LogP contribution in [0.15, 0.2) is 65.3 Å². The van der Waals surface area contributed by atoms with Crippen molar-refractivity contribution in [3.8, 4) is 16.9 Å². The number of halogens is 3. The van der Waals surface area contributed by atoms with Gasteiger partial charge in [-0.15, -0.1) is 0 Å². The minimum absolute atomic E-state index is 0.308. The van der Waals surface area contributed by atoms with E-state index in [0.717, 1.165) is 27.6 Å². The zero-order valence-corrected chi connectivity index (χ0v) is 20.4. The molecule has 1 amide bonds. The summed E-state index contributed by atoms with van der Waals surface area (Å²) in [6.07, 6.45) is 3.14. The van der Waals surface area contributed by atoms with E-state index in [9.17, 15) is 9.18 Å². The number of fused-ring (bicyclic) bond motifs is 1. The lowest BCUT2D eigenvalue weighted by Crippen LogP contribution is -2.09. The molecule has 0 spiro atoms. The predicted molar refractivity (Wildman–Crippen MR) is 136 cm³/mol. The normalized spacial score (nSPS) is 11.6. The zero-order chi connectivity index (χ0) is 24.4. The van der Waals surface area contributed by atoms with Gasteiger partial charge in [-0.1, -0.05) is 35.3 Å². The van der Waals surface area contributed by atoms with Gasteiger partial charge in [-0.05, 0) is 68.3 Å². The number of carbonyl (C=O) groups is 1. The van der Waals surface area contributed by atoms with Crippen LogP contribution in [0.3, 0.4) is 0 Å². The molecule has 0 bridgehead atoms. The number of amides is 1. The van der Waals surface area contributed by atoms with Gasteiger partial charge >= 0.3 is 0 Å². The molecule has 1 heterocycles. The average Bonchev–Trinajstić information content (AvgIpc) is 3.22. The molecule has 0 aliphatic heterocycles. The molecule has 1 N–H and O–H groups in total. The molecule has 34 heavy (non-hydrogen) atoms. The highest BCUT2D eigenvalue weighted by Gasteiger charge is 2.19. The smallest absolute Gasteiger partial charge is 0.248 e. The molecule has 174 valence electrons. The van der Waals surface area contributed by atoms with E-state index in [2.05, 4.69) is 5.32 Å². The summed E-state index contributed by atoms with van der Waals surface area (Å²) in [6, 6.07) is 13.0. The highest BCUT2D eigenvalue weighted by atomic mass is 35.5. The van der Waals surface area contributed by atoms with Gasteiger partial charge in [-0.2, -0.15) is 0 Å². The number of aryl methyl sites for hydroxylation is 1. The molecule has 0 atom stereocenters. The molecule has 3 aromatic carbocycles. The predicted octanol–water partition coefficient (Wildman–Crippen LogP) is 8.29. The van der Waals surface area contributed by atoms with Gasteiger partial charge in [0, 0.05) is 33.2 Å². The maximum Gasteiger partial charge on any atom is 0.248 e. The van der Waals surface area contributed by atoms with Crippen LogP contribution >= 0.6 is 23.2 Å². The third kappa shape index (κ3) is 4.81. The van der Waals surface area contributed by atoms with Gasteiger partial charge < -0.3 is 14.5 Å². The van der Waals surface area contributed by atoms with E-state index in [-0.39, 0.29) is 11.7 Å². The summed E-state index contributed by atoms with van der Waals surface area (Å²) in [6.45, 7) is 6.10. The number of ether oxygens (including phenoxy) is 1. The van der Waals surface area contributed by atoms with Crippen LogP contribution in [0.25, 0.3) is 27.7 Å². The van der Waals surface area contributed by atoms with Crippen LogP contribution in [0.1, 0.15) is 25.0 Å². The van der Waals surface area contributed by atoms with Crippen LogP contribution in [-0.4, -0.2) is 12.5 Å². The van der Waals surface area contributed by atoms with E-state index in [4.69, 9.17) is 32.4 Å². The zero-order valence-electron chi connectivity index (χ0n) is 18.8. The third-order valence-corrected chi connectivity index (χ3v) is 6.00. The van der Waals surface area contributed by atoms with Gasteiger partial charge in [-0.3, -0.25) is 4.79 Å². The number of furan rings is 1. The van der Waals surface area contributed by atoms with Crippen molar-refractivity contribution in [3.05, 3.63) is 87.9 Å². The Bertz CT molecular complexity index is 1410. The largest absolute Gasteiger partial charge is 0.493 e. The van der Waals surface area contributed by atoms with Crippen LogP contribution < -0.4 is 10.1 Å². The molecular weight excluding hydrogens is 476 g/mol. The minimum Gasteiger partial charge on any atom is -0.493 e. The second kappa shape index (κ2) is 9.92. The summed E-state index contributed by atoms with van der Waals surface area (Å²) in [5.74, 6) is -0.00779. The maximum absolute atomic E-state index is 13.4. The Morgan fingerprint density at radius 3 is 2.56 bits per heavy atom. The van der Waals surface area contributed by atoms with Gasteiger partial charge in [0.1, 0.15) is 17.1 Å². The lowest BCUT2D eigenvalue weighted by atomic mass is 9.96. The summed E-state index contributed by atoms with van der Waals surface area (Å²) >= 11 is 12.1. The van der Waals surface area contributed by atoms with Crippen LogP contribution in [0, 0.1) is 12.7 Å². The molecule has 0 aliphatic carbocycles. The summed E-state index contributed by atoms with van der Waals surface area (Å²) in [4.78, 5) is 12.7. The summed E-state index contributed by atoms with van der Waals surface area (Å²) in [5, 5.41) is 4.45. The maximum atomic E-state index is 13.4. The van der Waals surface area contributed by atoms with E-state index in [0.29, 0.717) is 39.2 Å². The molecule has 0 saturated carbocycles. The number of carbonyl (C=O) groups excluding carboxylic acids is 1. The Kier molecular flexibility index (Phi) is 6.96. The Balaban J connectivity index is 1.77. The fourth-order valence-electron chi connectivity index (χ4n) is 3.83. The number of allylic oxidation sites excluding steroid dienone is 1. The van der Waals surface area contributed by atoms with Crippen LogP contribution in [0.5, 0.6) is 5.75 Å². The molecule has 0 saturated heterocycles. The number of benzene rings is 3. The Morgan fingerprint density at radius 2 is 1.88 bits per heavy atom. The molecule has 0 fully saturated rings. The molecule has 0 unspecified atom stereocenters. The lowest BCUT2D eigenvalue weighted by molar-refractivity contribution is -0.111. The number of hydrogen-bond acceptors (Lipinski definition) is 3. The minimum atomic E-state index is -0.340. The van der Waals surface area contributed by atoms with Crippen molar-refractivity contribution >= 4 is 51.3 Å². The third-order valence-electron chi connectivity index (χ3n) is 5.45. The van der Waals surface area contributed by atoms with E-state index >= 15 is 0 Å². The first-order valence-electron chi connectivity index (χ1n) is 10.7. The van der Waals surface area contributed by atoms with Crippen LogP contribution in [0.4, 0.5) is 10.1 Å². The topological polar surface area (TPSA) is 51.5 Å². The Labute approximate surface area is 206 Å². The SMILES string of the molecule is CCOc1c(/C(C)=C/C(=O)Nc2ccc(Cl)cc2Cl)cc2c(-c3ccc(F)cc3)coc2c1C. The Hall–Kier alpha value is -3.28. The molecule has 0 radical (unpaired) electrons. The summed E-state index contributed by atoms with van der Waals surface area (Å²) in [7, 11) is 0. The highest BCUT2D eigenvalue weighted by Crippen LogP contribution is 2.41. The summed E-state index contributed by atoms with van der Waals surface area (Å²) < 4.78 is 25.2. The monoisotopic (exact) mass is 497 g/mol.